The molecule has 1 unspecified atom stereocenters. The van der Waals surface area contributed by atoms with Crippen LogP contribution < -0.4 is 9.08 Å². The van der Waals surface area contributed by atoms with Gasteiger partial charge in [-0.2, -0.15) is 8.42 Å². The zero-order chi connectivity index (χ0) is 24.5. The number of aliphatic hydroxyl groups excluding tert-OH is 1. The first-order valence-corrected chi connectivity index (χ1v) is 12.5. The van der Waals surface area contributed by atoms with E-state index in [0.29, 0.717) is 17.7 Å². The fourth-order valence-electron chi connectivity index (χ4n) is 4.19. The number of carbonyl (C=O) groups is 1. The van der Waals surface area contributed by atoms with E-state index in [1.807, 2.05) is 0 Å². The van der Waals surface area contributed by atoms with Gasteiger partial charge in [0, 0.05) is 5.69 Å². The second kappa shape index (κ2) is 9.52. The lowest BCUT2D eigenvalue weighted by Crippen LogP contribution is -2.55. The maximum atomic E-state index is 13.4. The number of β-lactam (4-membered cyclic amide) rings is 1. The monoisotopic (exact) mass is 487 g/mol. The van der Waals surface area contributed by atoms with Crippen LogP contribution in [0.2, 0.25) is 0 Å². The minimum absolute atomic E-state index is 0.147. The Morgan fingerprint density at radius 1 is 0.941 bits per heavy atom. The highest BCUT2D eigenvalue weighted by atomic mass is 32.2. The lowest BCUT2D eigenvalue weighted by molar-refractivity contribution is -0.131. The van der Waals surface area contributed by atoms with Crippen molar-refractivity contribution in [1.82, 2.24) is 0 Å². The summed E-state index contributed by atoms with van der Waals surface area (Å²) in [5.41, 5.74) is 1.83. The molecule has 0 aliphatic carbocycles. The summed E-state index contributed by atoms with van der Waals surface area (Å²) in [4.78, 5) is 14.6. The lowest BCUT2D eigenvalue weighted by Gasteiger charge is -2.48. The summed E-state index contributed by atoms with van der Waals surface area (Å²) in [7, 11) is -3.68. The Balaban J connectivity index is 1.56. The van der Waals surface area contributed by atoms with Crippen molar-refractivity contribution in [3.05, 3.63) is 95.6 Å². The molecule has 1 heterocycles. The van der Waals surface area contributed by atoms with E-state index < -0.39 is 39.8 Å². The molecule has 1 fully saturated rings. The molecule has 4 rings (SSSR count). The summed E-state index contributed by atoms with van der Waals surface area (Å²) in [5.74, 6) is -1.30. The highest BCUT2D eigenvalue weighted by Crippen LogP contribution is 2.46. The van der Waals surface area contributed by atoms with Crippen molar-refractivity contribution in [3.63, 3.8) is 0 Å². The minimum atomic E-state index is -3.68. The molecule has 178 valence electrons. The van der Waals surface area contributed by atoms with Crippen LogP contribution in [0.25, 0.3) is 0 Å². The second-order valence-corrected chi connectivity index (χ2v) is 9.81. The third kappa shape index (κ3) is 5.26. The van der Waals surface area contributed by atoms with Crippen LogP contribution in [0.1, 0.15) is 36.1 Å². The number of anilines is 1. The zero-order valence-electron chi connectivity index (χ0n) is 18.3. The van der Waals surface area contributed by atoms with Gasteiger partial charge in [0.1, 0.15) is 17.4 Å². The van der Waals surface area contributed by atoms with Gasteiger partial charge in [-0.05, 0) is 72.5 Å². The third-order valence-corrected chi connectivity index (χ3v) is 6.29. The molecule has 1 aliphatic heterocycles. The SMILES string of the molecule is CS(=O)(=O)Oc1ccc([C@@H]2[C@@H](CCC(O)c3ccc(F)cc3)C(=O)N2c2ccc(F)cc2)cc1. The largest absolute Gasteiger partial charge is 0.388 e. The Morgan fingerprint density at radius 2 is 1.50 bits per heavy atom. The maximum absolute atomic E-state index is 13.4. The molecule has 6 nitrogen and oxygen atoms in total. The smallest absolute Gasteiger partial charge is 0.306 e. The van der Waals surface area contributed by atoms with Gasteiger partial charge >= 0.3 is 10.1 Å². The molecular formula is C25H23F2NO5S. The molecule has 1 aliphatic rings. The standard InChI is InChI=1S/C25H23F2NO5S/c1-34(31,32)33-21-12-4-17(5-13-21)24-22(14-15-23(29)16-2-6-18(26)7-3-16)25(30)28(24)20-10-8-19(27)9-11-20/h2-13,22-24,29H,14-15H2,1H3/t22-,23?,24-/m1/s1. The average Bonchev–Trinajstić information content (AvgIpc) is 2.79. The van der Waals surface area contributed by atoms with Crippen LogP contribution in [0.4, 0.5) is 14.5 Å². The van der Waals surface area contributed by atoms with Crippen molar-refractivity contribution in [3.8, 4) is 5.75 Å². The predicted octanol–water partition coefficient (Wildman–Crippen LogP) is 4.52. The van der Waals surface area contributed by atoms with E-state index in [9.17, 15) is 27.1 Å². The van der Waals surface area contributed by atoms with Gasteiger partial charge in [0.15, 0.2) is 0 Å². The number of nitrogens with zero attached hydrogens (tertiary/aromatic N) is 1. The first kappa shape index (κ1) is 23.8. The number of benzene rings is 3. The maximum Gasteiger partial charge on any atom is 0.306 e. The van der Waals surface area contributed by atoms with Crippen molar-refractivity contribution in [2.45, 2.75) is 25.0 Å². The van der Waals surface area contributed by atoms with Gasteiger partial charge < -0.3 is 14.2 Å². The lowest BCUT2D eigenvalue weighted by atomic mass is 9.78. The van der Waals surface area contributed by atoms with Gasteiger partial charge in [-0.15, -0.1) is 0 Å². The summed E-state index contributed by atoms with van der Waals surface area (Å²) < 4.78 is 54.2. The molecule has 1 N–H and O–H groups in total. The molecule has 3 aromatic carbocycles. The Hall–Kier alpha value is -3.30. The van der Waals surface area contributed by atoms with Gasteiger partial charge in [-0.25, -0.2) is 8.78 Å². The van der Waals surface area contributed by atoms with Crippen LogP contribution in [0.5, 0.6) is 5.75 Å². The quantitative estimate of drug-likeness (QED) is 0.373. The molecule has 1 saturated heterocycles. The molecule has 3 atom stereocenters. The fraction of sp³-hybridized carbons (Fsp3) is 0.240. The van der Waals surface area contributed by atoms with Crippen LogP contribution in [-0.2, 0) is 14.9 Å². The summed E-state index contributed by atoms with van der Waals surface area (Å²) in [6.07, 6.45) is 0.732. The van der Waals surface area contributed by atoms with Crippen LogP contribution in [0.3, 0.4) is 0 Å². The fourth-order valence-corrected chi connectivity index (χ4v) is 4.65. The summed E-state index contributed by atoms with van der Waals surface area (Å²) >= 11 is 0. The van der Waals surface area contributed by atoms with Crippen LogP contribution in [-0.4, -0.2) is 25.7 Å². The van der Waals surface area contributed by atoms with Crippen molar-refractivity contribution < 1.29 is 31.3 Å². The molecule has 1 amide bonds. The summed E-state index contributed by atoms with van der Waals surface area (Å²) in [6, 6.07) is 17.1. The molecule has 0 saturated carbocycles. The van der Waals surface area contributed by atoms with E-state index in [1.165, 1.54) is 60.7 Å². The molecule has 0 radical (unpaired) electrons. The number of hydrogen-bond acceptors (Lipinski definition) is 5. The summed E-state index contributed by atoms with van der Waals surface area (Å²) in [6.45, 7) is 0. The van der Waals surface area contributed by atoms with E-state index in [1.54, 1.807) is 17.0 Å². The Kier molecular flexibility index (Phi) is 6.67. The Bertz CT molecular complexity index is 1260. The number of halogens is 2. The van der Waals surface area contributed by atoms with Gasteiger partial charge in [0.2, 0.25) is 5.91 Å². The van der Waals surface area contributed by atoms with E-state index in [-0.39, 0.29) is 18.1 Å². The molecule has 3 aromatic rings. The van der Waals surface area contributed by atoms with E-state index in [0.717, 1.165) is 11.8 Å². The highest BCUT2D eigenvalue weighted by Gasteiger charge is 2.48. The molecule has 0 aromatic heterocycles. The van der Waals surface area contributed by atoms with Gasteiger partial charge in [0.25, 0.3) is 0 Å². The highest BCUT2D eigenvalue weighted by molar-refractivity contribution is 7.86. The van der Waals surface area contributed by atoms with E-state index >= 15 is 0 Å². The number of amides is 1. The van der Waals surface area contributed by atoms with Crippen LogP contribution in [0.15, 0.2) is 72.8 Å². The van der Waals surface area contributed by atoms with Gasteiger partial charge in [-0.3, -0.25) is 4.79 Å². The molecule has 0 bridgehead atoms. The Morgan fingerprint density at radius 3 is 2.06 bits per heavy atom. The normalized spacial score (nSPS) is 18.9. The molecule has 34 heavy (non-hydrogen) atoms. The van der Waals surface area contributed by atoms with Crippen molar-refractivity contribution in [1.29, 1.82) is 0 Å². The Labute approximate surface area is 196 Å². The second-order valence-electron chi connectivity index (χ2n) is 8.24. The number of rotatable bonds is 8. The first-order valence-electron chi connectivity index (χ1n) is 10.6. The van der Waals surface area contributed by atoms with Crippen molar-refractivity contribution in [2.24, 2.45) is 5.92 Å². The third-order valence-electron chi connectivity index (χ3n) is 5.79. The topological polar surface area (TPSA) is 83.9 Å². The van der Waals surface area contributed by atoms with Crippen molar-refractivity contribution in [2.75, 3.05) is 11.2 Å². The molecule has 9 heteroatoms. The van der Waals surface area contributed by atoms with E-state index in [4.69, 9.17) is 4.18 Å². The average molecular weight is 488 g/mol. The predicted molar refractivity (Wildman–Crippen MR) is 123 cm³/mol. The minimum Gasteiger partial charge on any atom is -0.388 e. The van der Waals surface area contributed by atoms with E-state index in [2.05, 4.69) is 0 Å². The zero-order valence-corrected chi connectivity index (χ0v) is 19.1. The van der Waals surface area contributed by atoms with Gasteiger partial charge in [-0.1, -0.05) is 24.3 Å². The number of hydrogen-bond donors (Lipinski definition) is 1. The number of carbonyl (C=O) groups excluding carboxylic acids is 1. The number of aliphatic hydroxyl groups is 1. The van der Waals surface area contributed by atoms with Gasteiger partial charge in [0.05, 0.1) is 24.3 Å². The molecule has 0 spiro atoms. The van der Waals surface area contributed by atoms with Crippen LogP contribution in [0, 0.1) is 17.6 Å². The molecular weight excluding hydrogens is 464 g/mol. The van der Waals surface area contributed by atoms with Crippen LogP contribution >= 0.6 is 0 Å². The first-order chi connectivity index (χ1) is 16.1. The van der Waals surface area contributed by atoms with Crippen molar-refractivity contribution >= 4 is 21.7 Å². The summed E-state index contributed by atoms with van der Waals surface area (Å²) in [5, 5.41) is 10.5.